The standard InChI is InChI=1S/C26H38N2O2/c1-29-25-15-14-24(22-26(25)30-2)13-8-17-28-19-9-18-27(20-21-28)16-7-6-12-23-10-4-3-5-11-23/h3-5,10-11,14-15,22H,6-9,12-13,16-21H2,1-2H3. The maximum Gasteiger partial charge on any atom is 0.160 e. The van der Waals surface area contributed by atoms with Gasteiger partial charge in [0.05, 0.1) is 14.2 Å². The third-order valence-corrected chi connectivity index (χ3v) is 6.10. The van der Waals surface area contributed by atoms with Crippen molar-refractivity contribution < 1.29 is 9.47 Å². The number of unbranched alkanes of at least 4 members (excludes halogenated alkanes) is 1. The highest BCUT2D eigenvalue weighted by Gasteiger charge is 2.14. The van der Waals surface area contributed by atoms with Crippen LogP contribution in [0, 0.1) is 0 Å². The molecular formula is C26H38N2O2. The first-order valence-corrected chi connectivity index (χ1v) is 11.5. The minimum atomic E-state index is 0.803. The average molecular weight is 411 g/mol. The van der Waals surface area contributed by atoms with Gasteiger partial charge in [0, 0.05) is 13.1 Å². The molecule has 0 aliphatic carbocycles. The van der Waals surface area contributed by atoms with Crippen molar-refractivity contribution in [2.45, 2.75) is 38.5 Å². The molecule has 4 heteroatoms. The number of nitrogens with zero attached hydrogens (tertiary/aromatic N) is 2. The lowest BCUT2D eigenvalue weighted by Crippen LogP contribution is -2.32. The van der Waals surface area contributed by atoms with Crippen LogP contribution < -0.4 is 9.47 Å². The van der Waals surface area contributed by atoms with E-state index >= 15 is 0 Å². The van der Waals surface area contributed by atoms with Crippen molar-refractivity contribution in [3.63, 3.8) is 0 Å². The van der Waals surface area contributed by atoms with Crippen molar-refractivity contribution in [3.05, 3.63) is 59.7 Å². The second-order valence-electron chi connectivity index (χ2n) is 8.27. The fraction of sp³-hybridized carbons (Fsp3) is 0.538. The van der Waals surface area contributed by atoms with Gasteiger partial charge in [-0.3, -0.25) is 0 Å². The molecule has 0 spiro atoms. The Morgan fingerprint density at radius 2 is 1.33 bits per heavy atom. The van der Waals surface area contributed by atoms with Crippen molar-refractivity contribution in [3.8, 4) is 11.5 Å². The molecule has 164 valence electrons. The molecule has 3 rings (SSSR count). The molecule has 0 unspecified atom stereocenters. The van der Waals surface area contributed by atoms with Crippen LogP contribution in [0.3, 0.4) is 0 Å². The molecule has 0 atom stereocenters. The van der Waals surface area contributed by atoms with Gasteiger partial charge in [-0.2, -0.15) is 0 Å². The smallest absolute Gasteiger partial charge is 0.160 e. The van der Waals surface area contributed by atoms with Gasteiger partial charge < -0.3 is 19.3 Å². The maximum atomic E-state index is 5.43. The van der Waals surface area contributed by atoms with E-state index in [0.717, 1.165) is 17.9 Å². The van der Waals surface area contributed by atoms with Crippen molar-refractivity contribution in [1.29, 1.82) is 0 Å². The predicted molar refractivity (Wildman–Crippen MR) is 125 cm³/mol. The summed E-state index contributed by atoms with van der Waals surface area (Å²) in [6.07, 6.45) is 7.35. The van der Waals surface area contributed by atoms with Crippen LogP contribution in [-0.4, -0.2) is 63.3 Å². The lowest BCUT2D eigenvalue weighted by molar-refractivity contribution is 0.252. The summed E-state index contributed by atoms with van der Waals surface area (Å²) in [6.45, 7) is 7.30. The van der Waals surface area contributed by atoms with Crippen LogP contribution in [0.25, 0.3) is 0 Å². The Morgan fingerprint density at radius 1 is 0.667 bits per heavy atom. The van der Waals surface area contributed by atoms with Crippen molar-refractivity contribution in [2.75, 3.05) is 53.5 Å². The SMILES string of the molecule is COc1ccc(CCCN2CCCN(CCCCc3ccccc3)CC2)cc1OC. The summed E-state index contributed by atoms with van der Waals surface area (Å²) < 4.78 is 10.8. The molecule has 0 amide bonds. The molecule has 0 radical (unpaired) electrons. The van der Waals surface area contributed by atoms with Gasteiger partial charge in [-0.1, -0.05) is 36.4 Å². The molecule has 1 aliphatic rings. The number of benzene rings is 2. The van der Waals surface area contributed by atoms with Gasteiger partial charge in [0.25, 0.3) is 0 Å². The number of hydrogen-bond acceptors (Lipinski definition) is 4. The van der Waals surface area contributed by atoms with Crippen molar-refractivity contribution >= 4 is 0 Å². The highest BCUT2D eigenvalue weighted by molar-refractivity contribution is 5.42. The molecular weight excluding hydrogens is 372 g/mol. The molecule has 0 N–H and O–H groups in total. The van der Waals surface area contributed by atoms with E-state index in [0.29, 0.717) is 0 Å². The minimum absolute atomic E-state index is 0.803. The summed E-state index contributed by atoms with van der Waals surface area (Å²) >= 11 is 0. The first-order valence-electron chi connectivity index (χ1n) is 11.5. The van der Waals surface area contributed by atoms with Gasteiger partial charge in [-0.25, -0.2) is 0 Å². The van der Waals surface area contributed by atoms with E-state index in [1.54, 1.807) is 14.2 Å². The highest BCUT2D eigenvalue weighted by atomic mass is 16.5. The van der Waals surface area contributed by atoms with E-state index in [1.165, 1.54) is 82.5 Å². The van der Waals surface area contributed by atoms with Gasteiger partial charge in [0.2, 0.25) is 0 Å². The largest absolute Gasteiger partial charge is 0.493 e. The Labute approximate surface area is 182 Å². The zero-order valence-electron chi connectivity index (χ0n) is 18.8. The van der Waals surface area contributed by atoms with E-state index in [2.05, 4.69) is 52.3 Å². The van der Waals surface area contributed by atoms with E-state index in [9.17, 15) is 0 Å². The summed E-state index contributed by atoms with van der Waals surface area (Å²) in [5.74, 6) is 1.63. The lowest BCUT2D eigenvalue weighted by atomic mass is 10.1. The molecule has 0 saturated carbocycles. The summed E-state index contributed by atoms with van der Waals surface area (Å²) in [5, 5.41) is 0. The quantitative estimate of drug-likeness (QED) is 0.503. The number of hydrogen-bond donors (Lipinski definition) is 0. The Morgan fingerprint density at radius 3 is 2.03 bits per heavy atom. The molecule has 30 heavy (non-hydrogen) atoms. The van der Waals surface area contributed by atoms with Crippen LogP contribution in [-0.2, 0) is 12.8 Å². The predicted octanol–water partition coefficient (Wildman–Crippen LogP) is 4.67. The molecule has 2 aromatic rings. The maximum absolute atomic E-state index is 5.43. The van der Waals surface area contributed by atoms with Crippen LogP contribution >= 0.6 is 0 Å². The minimum Gasteiger partial charge on any atom is -0.493 e. The van der Waals surface area contributed by atoms with Crippen LogP contribution in [0.2, 0.25) is 0 Å². The summed E-state index contributed by atoms with van der Waals surface area (Å²) in [7, 11) is 3.38. The summed E-state index contributed by atoms with van der Waals surface area (Å²) in [4.78, 5) is 5.31. The molecule has 1 aliphatic heterocycles. The van der Waals surface area contributed by atoms with Gasteiger partial charge >= 0.3 is 0 Å². The number of rotatable bonds is 11. The topological polar surface area (TPSA) is 24.9 Å². The fourth-order valence-corrected chi connectivity index (χ4v) is 4.32. The number of methoxy groups -OCH3 is 2. The van der Waals surface area contributed by atoms with Gasteiger partial charge in [-0.15, -0.1) is 0 Å². The molecule has 0 bridgehead atoms. The lowest BCUT2D eigenvalue weighted by Gasteiger charge is -2.22. The highest BCUT2D eigenvalue weighted by Crippen LogP contribution is 2.28. The zero-order chi connectivity index (χ0) is 21.0. The average Bonchev–Trinajstić information content (AvgIpc) is 3.02. The first kappa shape index (κ1) is 22.6. The Hall–Kier alpha value is -2.04. The Balaban J connectivity index is 1.32. The van der Waals surface area contributed by atoms with E-state index in [-0.39, 0.29) is 0 Å². The summed E-state index contributed by atoms with van der Waals surface area (Å²) in [6, 6.07) is 17.1. The zero-order valence-corrected chi connectivity index (χ0v) is 18.8. The molecule has 1 heterocycles. The fourth-order valence-electron chi connectivity index (χ4n) is 4.32. The first-order chi connectivity index (χ1) is 14.8. The molecule has 1 fully saturated rings. The number of ether oxygens (including phenoxy) is 2. The number of aryl methyl sites for hydroxylation is 2. The molecule has 2 aromatic carbocycles. The van der Waals surface area contributed by atoms with E-state index in [4.69, 9.17) is 9.47 Å². The van der Waals surface area contributed by atoms with Crippen molar-refractivity contribution in [1.82, 2.24) is 9.80 Å². The molecule has 1 saturated heterocycles. The monoisotopic (exact) mass is 410 g/mol. The third kappa shape index (κ3) is 7.33. The Bertz CT molecular complexity index is 735. The van der Waals surface area contributed by atoms with Gasteiger partial charge in [0.1, 0.15) is 0 Å². The van der Waals surface area contributed by atoms with E-state index < -0.39 is 0 Å². The van der Waals surface area contributed by atoms with Crippen LogP contribution in [0.1, 0.15) is 36.8 Å². The normalized spacial score (nSPS) is 15.7. The summed E-state index contributed by atoms with van der Waals surface area (Å²) in [5.41, 5.74) is 2.79. The van der Waals surface area contributed by atoms with Crippen molar-refractivity contribution in [2.24, 2.45) is 0 Å². The van der Waals surface area contributed by atoms with Crippen LogP contribution in [0.15, 0.2) is 48.5 Å². The van der Waals surface area contributed by atoms with E-state index in [1.807, 2.05) is 6.07 Å². The van der Waals surface area contributed by atoms with Crippen LogP contribution in [0.4, 0.5) is 0 Å². The van der Waals surface area contributed by atoms with Crippen LogP contribution in [0.5, 0.6) is 11.5 Å². The van der Waals surface area contributed by atoms with Gasteiger partial charge in [-0.05, 0) is 88.0 Å². The second kappa shape index (κ2) is 12.6. The third-order valence-electron chi connectivity index (χ3n) is 6.10. The Kier molecular flexibility index (Phi) is 9.52. The van der Waals surface area contributed by atoms with Gasteiger partial charge in [0.15, 0.2) is 11.5 Å². The second-order valence-corrected chi connectivity index (χ2v) is 8.27. The molecule has 0 aromatic heterocycles. The molecule has 4 nitrogen and oxygen atoms in total.